The van der Waals surface area contributed by atoms with Crippen LogP contribution < -0.4 is 19.5 Å². The number of carbonyl (C=O) groups excluding carboxylic acids is 1. The van der Waals surface area contributed by atoms with Crippen LogP contribution in [0.25, 0.3) is 10.9 Å². The lowest BCUT2D eigenvalue weighted by Crippen LogP contribution is -2.13. The molecule has 128 valence electrons. The average molecular weight is 338 g/mol. The van der Waals surface area contributed by atoms with Crippen molar-refractivity contribution in [3.63, 3.8) is 0 Å². The number of methoxy groups -OCH3 is 3. The van der Waals surface area contributed by atoms with E-state index in [0.717, 1.165) is 10.9 Å². The molecule has 0 aliphatic rings. The van der Waals surface area contributed by atoms with Crippen molar-refractivity contribution in [1.82, 2.24) is 4.98 Å². The Kier molecular flexibility index (Phi) is 4.70. The Bertz CT molecular complexity index is 894. The van der Waals surface area contributed by atoms with Gasteiger partial charge in [-0.1, -0.05) is 18.2 Å². The van der Waals surface area contributed by atoms with E-state index in [2.05, 4.69) is 10.3 Å². The average Bonchev–Trinajstić information content (AvgIpc) is 2.66. The number of rotatable bonds is 5. The highest BCUT2D eigenvalue weighted by Crippen LogP contribution is 2.38. The maximum atomic E-state index is 12.7. The molecule has 6 heteroatoms. The van der Waals surface area contributed by atoms with Crippen LogP contribution in [0.3, 0.4) is 0 Å². The Balaban J connectivity index is 1.98. The minimum atomic E-state index is -0.282. The number of anilines is 1. The van der Waals surface area contributed by atoms with Crippen molar-refractivity contribution in [3.05, 3.63) is 54.2 Å². The molecule has 3 aromatic rings. The molecule has 0 unspecified atom stereocenters. The first-order chi connectivity index (χ1) is 12.2. The molecule has 1 amide bonds. The van der Waals surface area contributed by atoms with E-state index in [9.17, 15) is 4.79 Å². The van der Waals surface area contributed by atoms with Crippen molar-refractivity contribution >= 4 is 22.5 Å². The second-order valence-corrected chi connectivity index (χ2v) is 5.24. The molecule has 0 aliphatic carbocycles. The Morgan fingerprint density at radius 1 is 0.960 bits per heavy atom. The quantitative estimate of drug-likeness (QED) is 0.771. The summed E-state index contributed by atoms with van der Waals surface area (Å²) in [6.45, 7) is 0. The highest BCUT2D eigenvalue weighted by Gasteiger charge is 2.17. The van der Waals surface area contributed by atoms with Gasteiger partial charge in [0.05, 0.1) is 32.5 Å². The van der Waals surface area contributed by atoms with Gasteiger partial charge in [-0.25, -0.2) is 0 Å². The van der Waals surface area contributed by atoms with Crippen LogP contribution in [0.5, 0.6) is 17.2 Å². The van der Waals surface area contributed by atoms with E-state index in [-0.39, 0.29) is 5.91 Å². The molecule has 0 fully saturated rings. The van der Waals surface area contributed by atoms with Crippen LogP contribution in [0, 0.1) is 0 Å². The molecule has 1 aromatic heterocycles. The third-order valence-corrected chi connectivity index (χ3v) is 3.82. The Labute approximate surface area is 145 Å². The fourth-order valence-corrected chi connectivity index (χ4v) is 2.61. The summed E-state index contributed by atoms with van der Waals surface area (Å²) in [4.78, 5) is 17.0. The van der Waals surface area contributed by atoms with Crippen molar-refractivity contribution in [2.24, 2.45) is 0 Å². The highest BCUT2D eigenvalue weighted by atomic mass is 16.5. The first-order valence-corrected chi connectivity index (χ1v) is 7.63. The molecule has 25 heavy (non-hydrogen) atoms. The predicted octanol–water partition coefficient (Wildman–Crippen LogP) is 3.51. The van der Waals surface area contributed by atoms with Crippen molar-refractivity contribution < 1.29 is 19.0 Å². The minimum absolute atomic E-state index is 0.282. The van der Waals surface area contributed by atoms with Gasteiger partial charge in [0.1, 0.15) is 0 Å². The molecule has 0 radical (unpaired) electrons. The second-order valence-electron chi connectivity index (χ2n) is 5.24. The van der Waals surface area contributed by atoms with Gasteiger partial charge in [-0.05, 0) is 24.3 Å². The number of hydrogen-bond donors (Lipinski definition) is 1. The summed E-state index contributed by atoms with van der Waals surface area (Å²) in [7, 11) is 4.54. The topological polar surface area (TPSA) is 69.7 Å². The SMILES string of the molecule is COc1cc(C(=O)Nc2ccnc3ccccc23)cc(OC)c1OC. The lowest BCUT2D eigenvalue weighted by atomic mass is 10.1. The first kappa shape index (κ1) is 16.6. The maximum Gasteiger partial charge on any atom is 0.255 e. The summed E-state index contributed by atoms with van der Waals surface area (Å²) in [5, 5.41) is 3.78. The number of para-hydroxylation sites is 1. The zero-order valence-corrected chi connectivity index (χ0v) is 14.2. The fraction of sp³-hybridized carbons (Fsp3) is 0.158. The molecule has 0 atom stereocenters. The van der Waals surface area contributed by atoms with Crippen molar-refractivity contribution in [1.29, 1.82) is 0 Å². The molecule has 0 aliphatic heterocycles. The standard InChI is InChI=1S/C19H18N2O4/c1-23-16-10-12(11-17(24-2)18(16)25-3)19(22)21-15-8-9-20-14-7-5-4-6-13(14)15/h4-11H,1-3H3,(H,20,21,22). The monoisotopic (exact) mass is 338 g/mol. The molecule has 0 saturated carbocycles. The molecule has 0 spiro atoms. The zero-order chi connectivity index (χ0) is 17.8. The van der Waals surface area contributed by atoms with Gasteiger partial charge in [0, 0.05) is 17.1 Å². The van der Waals surface area contributed by atoms with Crippen molar-refractivity contribution in [2.45, 2.75) is 0 Å². The van der Waals surface area contributed by atoms with Crippen LogP contribution in [-0.4, -0.2) is 32.2 Å². The number of fused-ring (bicyclic) bond motifs is 1. The summed E-state index contributed by atoms with van der Waals surface area (Å²) < 4.78 is 15.9. The van der Waals surface area contributed by atoms with Gasteiger partial charge in [0.15, 0.2) is 11.5 Å². The predicted molar refractivity (Wildman–Crippen MR) is 95.8 cm³/mol. The van der Waals surface area contributed by atoms with Gasteiger partial charge in [0.2, 0.25) is 5.75 Å². The number of ether oxygens (including phenoxy) is 3. The fourth-order valence-electron chi connectivity index (χ4n) is 2.61. The number of nitrogens with one attached hydrogen (secondary N) is 1. The van der Waals surface area contributed by atoms with Crippen LogP contribution >= 0.6 is 0 Å². The molecule has 0 bridgehead atoms. The number of benzene rings is 2. The van der Waals surface area contributed by atoms with E-state index < -0.39 is 0 Å². The molecule has 1 heterocycles. The number of aromatic nitrogens is 1. The van der Waals surface area contributed by atoms with E-state index in [0.29, 0.717) is 28.5 Å². The number of carbonyl (C=O) groups is 1. The van der Waals surface area contributed by atoms with Gasteiger partial charge in [-0.15, -0.1) is 0 Å². The molecule has 2 aromatic carbocycles. The smallest absolute Gasteiger partial charge is 0.255 e. The molecule has 1 N–H and O–H groups in total. The third kappa shape index (κ3) is 3.19. The zero-order valence-electron chi connectivity index (χ0n) is 14.2. The van der Waals surface area contributed by atoms with Crippen LogP contribution in [-0.2, 0) is 0 Å². The van der Waals surface area contributed by atoms with Gasteiger partial charge in [-0.2, -0.15) is 0 Å². The van der Waals surface area contributed by atoms with Crippen molar-refractivity contribution in [3.8, 4) is 17.2 Å². The molecular formula is C19H18N2O4. The van der Waals surface area contributed by atoms with Crippen LogP contribution in [0.1, 0.15) is 10.4 Å². The van der Waals surface area contributed by atoms with Gasteiger partial charge < -0.3 is 19.5 Å². The van der Waals surface area contributed by atoms with E-state index >= 15 is 0 Å². The minimum Gasteiger partial charge on any atom is -0.493 e. The summed E-state index contributed by atoms with van der Waals surface area (Å²) in [6.07, 6.45) is 1.66. The van der Waals surface area contributed by atoms with E-state index in [1.807, 2.05) is 24.3 Å². The summed E-state index contributed by atoms with van der Waals surface area (Å²) in [6, 6.07) is 12.6. The number of nitrogens with zero attached hydrogens (tertiary/aromatic N) is 1. The molecular weight excluding hydrogens is 320 g/mol. The Morgan fingerprint density at radius 3 is 2.28 bits per heavy atom. The number of pyridine rings is 1. The summed E-state index contributed by atoms with van der Waals surface area (Å²) >= 11 is 0. The van der Waals surface area contributed by atoms with Gasteiger partial charge in [-0.3, -0.25) is 9.78 Å². The van der Waals surface area contributed by atoms with Gasteiger partial charge >= 0.3 is 0 Å². The van der Waals surface area contributed by atoms with E-state index in [1.165, 1.54) is 21.3 Å². The largest absolute Gasteiger partial charge is 0.493 e. The lowest BCUT2D eigenvalue weighted by Gasteiger charge is -2.14. The number of hydrogen-bond acceptors (Lipinski definition) is 5. The van der Waals surface area contributed by atoms with Gasteiger partial charge in [0.25, 0.3) is 5.91 Å². The Hall–Kier alpha value is -3.28. The van der Waals surface area contributed by atoms with Crippen LogP contribution in [0.4, 0.5) is 5.69 Å². The highest BCUT2D eigenvalue weighted by molar-refractivity contribution is 6.09. The summed E-state index contributed by atoms with van der Waals surface area (Å²) in [5.41, 5.74) is 1.89. The second kappa shape index (κ2) is 7.09. The normalized spacial score (nSPS) is 10.4. The van der Waals surface area contributed by atoms with Crippen LogP contribution in [0.15, 0.2) is 48.7 Å². The number of amides is 1. The molecule has 3 rings (SSSR count). The third-order valence-electron chi connectivity index (χ3n) is 3.82. The van der Waals surface area contributed by atoms with E-state index in [4.69, 9.17) is 14.2 Å². The van der Waals surface area contributed by atoms with Crippen molar-refractivity contribution in [2.75, 3.05) is 26.6 Å². The van der Waals surface area contributed by atoms with Crippen LogP contribution in [0.2, 0.25) is 0 Å². The first-order valence-electron chi connectivity index (χ1n) is 7.63. The summed E-state index contributed by atoms with van der Waals surface area (Å²) in [5.74, 6) is 1.00. The molecule has 0 saturated heterocycles. The van der Waals surface area contributed by atoms with E-state index in [1.54, 1.807) is 24.4 Å². The lowest BCUT2D eigenvalue weighted by molar-refractivity contribution is 0.102. The maximum absolute atomic E-state index is 12.7. The Morgan fingerprint density at radius 2 is 1.64 bits per heavy atom. The molecule has 6 nitrogen and oxygen atoms in total.